The first-order valence-electron chi connectivity index (χ1n) is 5.94. The van der Waals surface area contributed by atoms with Crippen molar-refractivity contribution in [3.05, 3.63) is 64.6 Å². The molecule has 2 aromatic rings. The fourth-order valence-corrected chi connectivity index (χ4v) is 2.22. The molecule has 2 aromatic carbocycles. The Balaban J connectivity index is 2.17. The smallest absolute Gasteiger partial charge is 0.273 e. The number of halogens is 1. The highest BCUT2D eigenvalue weighted by Crippen LogP contribution is 2.29. The summed E-state index contributed by atoms with van der Waals surface area (Å²) in [7, 11) is 1.50. The molecule has 0 amide bonds. The fourth-order valence-electron chi connectivity index (χ4n) is 2.22. The third kappa shape index (κ3) is 1.75. The third-order valence-corrected chi connectivity index (χ3v) is 3.18. The number of methoxy groups -OCH3 is 1. The summed E-state index contributed by atoms with van der Waals surface area (Å²) in [5.74, 6) is -0.425. The van der Waals surface area contributed by atoms with Crippen molar-refractivity contribution >= 4 is 17.2 Å². The van der Waals surface area contributed by atoms with E-state index in [9.17, 15) is 14.4 Å². The molecule has 0 spiro atoms. The number of carbonyl (C=O) groups excluding carboxylic acids is 1. The van der Waals surface area contributed by atoms with Gasteiger partial charge < -0.3 is 9.94 Å². The fraction of sp³-hybridized carbons (Fsp3) is 0.0667. The van der Waals surface area contributed by atoms with Gasteiger partial charge in [0.15, 0.2) is 0 Å². The molecule has 0 saturated heterocycles. The largest absolute Gasteiger partial charge is 0.618 e. The van der Waals surface area contributed by atoms with Crippen LogP contribution in [0.4, 0.5) is 10.1 Å². The zero-order valence-electron chi connectivity index (χ0n) is 10.6. The molecule has 20 heavy (non-hydrogen) atoms. The summed E-state index contributed by atoms with van der Waals surface area (Å²) in [6.45, 7) is 0. The molecule has 0 N–H and O–H groups in total. The number of rotatable bonds is 2. The van der Waals surface area contributed by atoms with Crippen LogP contribution in [0.15, 0.2) is 42.5 Å². The van der Waals surface area contributed by atoms with Gasteiger partial charge in [0, 0.05) is 6.07 Å². The van der Waals surface area contributed by atoms with Crippen molar-refractivity contribution in [3.8, 4) is 5.75 Å². The van der Waals surface area contributed by atoms with E-state index >= 15 is 0 Å². The van der Waals surface area contributed by atoms with Gasteiger partial charge in [-0.3, -0.25) is 4.79 Å². The zero-order valence-corrected chi connectivity index (χ0v) is 10.6. The van der Waals surface area contributed by atoms with Crippen molar-refractivity contribution in [2.75, 3.05) is 7.11 Å². The van der Waals surface area contributed by atoms with E-state index in [0.29, 0.717) is 16.1 Å². The normalized spacial score (nSPS) is 13.6. The second-order valence-corrected chi connectivity index (χ2v) is 4.37. The summed E-state index contributed by atoms with van der Waals surface area (Å²) in [5, 5.41) is 12.2. The first-order chi connectivity index (χ1) is 9.61. The minimum atomic E-state index is -0.552. The SMILES string of the molecule is COc1cccc(C2=[N+]([O-])c3cc(F)ccc3C2=O)c1. The van der Waals surface area contributed by atoms with Crippen LogP contribution in [0.1, 0.15) is 15.9 Å². The standard InChI is InChI=1S/C15H10FNO3/c1-20-11-4-2-3-9(7-11)14-15(18)12-6-5-10(16)8-13(12)17(14)19/h2-8H,1H3. The van der Waals surface area contributed by atoms with E-state index in [-0.39, 0.29) is 17.0 Å². The molecule has 100 valence electrons. The highest BCUT2D eigenvalue weighted by molar-refractivity contribution is 6.52. The van der Waals surface area contributed by atoms with E-state index in [0.717, 1.165) is 6.07 Å². The topological polar surface area (TPSA) is 52.4 Å². The number of Topliss-reactive ketones (excluding diaryl/α,β-unsaturated/α-hetero) is 1. The van der Waals surface area contributed by atoms with Crippen LogP contribution in [-0.4, -0.2) is 23.3 Å². The molecule has 0 atom stereocenters. The lowest BCUT2D eigenvalue weighted by molar-refractivity contribution is -0.355. The summed E-state index contributed by atoms with van der Waals surface area (Å²) < 4.78 is 18.7. The van der Waals surface area contributed by atoms with Gasteiger partial charge in [-0.1, -0.05) is 6.07 Å². The van der Waals surface area contributed by atoms with E-state index in [2.05, 4.69) is 0 Å². The van der Waals surface area contributed by atoms with Crippen LogP contribution in [-0.2, 0) is 0 Å². The van der Waals surface area contributed by atoms with Crippen molar-refractivity contribution in [2.24, 2.45) is 0 Å². The van der Waals surface area contributed by atoms with Crippen molar-refractivity contribution < 1.29 is 18.7 Å². The van der Waals surface area contributed by atoms with Gasteiger partial charge in [-0.15, -0.1) is 0 Å². The van der Waals surface area contributed by atoms with Crippen LogP contribution in [0.5, 0.6) is 5.75 Å². The average molecular weight is 271 g/mol. The van der Waals surface area contributed by atoms with Gasteiger partial charge in [-0.2, -0.15) is 4.74 Å². The third-order valence-electron chi connectivity index (χ3n) is 3.18. The van der Waals surface area contributed by atoms with Crippen LogP contribution < -0.4 is 4.74 Å². The first-order valence-corrected chi connectivity index (χ1v) is 5.94. The Kier molecular flexibility index (Phi) is 2.75. The van der Waals surface area contributed by atoms with E-state index in [4.69, 9.17) is 4.74 Å². The first kappa shape index (κ1) is 12.3. The summed E-state index contributed by atoms with van der Waals surface area (Å²) in [4.78, 5) is 12.3. The van der Waals surface area contributed by atoms with Gasteiger partial charge in [0.25, 0.3) is 11.5 Å². The molecule has 0 fully saturated rings. The molecule has 0 unspecified atom stereocenters. The minimum absolute atomic E-state index is 0.0236. The van der Waals surface area contributed by atoms with Gasteiger partial charge >= 0.3 is 0 Å². The number of ketones is 1. The Bertz CT molecular complexity index is 753. The molecule has 0 saturated carbocycles. The summed E-state index contributed by atoms with van der Waals surface area (Å²) in [6.07, 6.45) is 0. The Hall–Kier alpha value is -2.69. The number of carbonyl (C=O) groups is 1. The molecule has 3 rings (SSSR count). The molecular formula is C15H10FNO3. The minimum Gasteiger partial charge on any atom is -0.618 e. The van der Waals surface area contributed by atoms with E-state index in [1.54, 1.807) is 24.3 Å². The molecule has 0 aromatic heterocycles. The average Bonchev–Trinajstić information content (AvgIpc) is 2.70. The number of benzene rings is 2. The van der Waals surface area contributed by atoms with E-state index in [1.165, 1.54) is 19.2 Å². The van der Waals surface area contributed by atoms with Crippen LogP contribution in [0.25, 0.3) is 0 Å². The molecule has 1 aliphatic rings. The molecule has 1 heterocycles. The Morgan fingerprint density at radius 1 is 1.20 bits per heavy atom. The van der Waals surface area contributed by atoms with Gasteiger partial charge in [0.2, 0.25) is 5.69 Å². The molecular weight excluding hydrogens is 261 g/mol. The predicted molar refractivity (Wildman–Crippen MR) is 71.1 cm³/mol. The maximum atomic E-state index is 13.2. The number of ether oxygens (including phenoxy) is 1. The number of nitrogens with zero attached hydrogens (tertiary/aromatic N) is 1. The zero-order chi connectivity index (χ0) is 14.3. The summed E-state index contributed by atoms with van der Waals surface area (Å²) in [6, 6.07) is 10.2. The van der Waals surface area contributed by atoms with Crippen LogP contribution in [0, 0.1) is 11.0 Å². The van der Waals surface area contributed by atoms with Gasteiger partial charge in [-0.05, 0) is 30.3 Å². The van der Waals surface area contributed by atoms with Crippen LogP contribution >= 0.6 is 0 Å². The molecule has 0 aliphatic carbocycles. The van der Waals surface area contributed by atoms with Crippen molar-refractivity contribution in [2.45, 2.75) is 0 Å². The predicted octanol–water partition coefficient (Wildman–Crippen LogP) is 2.66. The highest BCUT2D eigenvalue weighted by atomic mass is 19.1. The lowest BCUT2D eigenvalue weighted by atomic mass is 10.0. The van der Waals surface area contributed by atoms with Crippen molar-refractivity contribution in [1.82, 2.24) is 0 Å². The van der Waals surface area contributed by atoms with E-state index in [1.807, 2.05) is 0 Å². The monoisotopic (exact) mass is 271 g/mol. The van der Waals surface area contributed by atoms with Gasteiger partial charge in [0.1, 0.15) is 17.1 Å². The molecule has 1 aliphatic heterocycles. The Morgan fingerprint density at radius 3 is 2.75 bits per heavy atom. The van der Waals surface area contributed by atoms with Gasteiger partial charge in [0.05, 0.1) is 12.7 Å². The maximum Gasteiger partial charge on any atom is 0.273 e. The van der Waals surface area contributed by atoms with Gasteiger partial charge in [-0.25, -0.2) is 4.39 Å². The highest BCUT2D eigenvalue weighted by Gasteiger charge is 2.36. The van der Waals surface area contributed by atoms with Crippen molar-refractivity contribution in [3.63, 3.8) is 0 Å². The Labute approximate surface area is 114 Å². The molecule has 4 nitrogen and oxygen atoms in total. The van der Waals surface area contributed by atoms with Crippen LogP contribution in [0.3, 0.4) is 0 Å². The maximum absolute atomic E-state index is 13.2. The molecule has 5 heteroatoms. The number of fused-ring (bicyclic) bond motifs is 1. The second-order valence-electron chi connectivity index (χ2n) is 4.37. The van der Waals surface area contributed by atoms with E-state index < -0.39 is 11.6 Å². The molecule has 0 bridgehead atoms. The second kappa shape index (κ2) is 4.45. The van der Waals surface area contributed by atoms with Crippen molar-refractivity contribution in [1.29, 1.82) is 0 Å². The quantitative estimate of drug-likeness (QED) is 0.623. The molecule has 0 radical (unpaired) electrons. The number of hydrogen-bond acceptors (Lipinski definition) is 3. The summed E-state index contributed by atoms with van der Waals surface area (Å²) in [5.41, 5.74) is 0.664. The van der Waals surface area contributed by atoms with Crippen LogP contribution in [0.2, 0.25) is 0 Å². The summed E-state index contributed by atoms with van der Waals surface area (Å²) >= 11 is 0. The lowest BCUT2D eigenvalue weighted by Crippen LogP contribution is -2.16. The number of hydrogen-bond donors (Lipinski definition) is 0. The Morgan fingerprint density at radius 2 is 2.00 bits per heavy atom. The lowest BCUT2D eigenvalue weighted by Gasteiger charge is -2.04.